The molecule has 0 nitrogen and oxygen atoms in total. The van der Waals surface area contributed by atoms with E-state index in [0.717, 1.165) is 23.8 Å². The number of hydrogen-bond donors (Lipinski definition) is 0. The topological polar surface area (TPSA) is 0 Å². The molecule has 3 aromatic rings. The molecule has 1 fully saturated rings. The highest BCUT2D eigenvalue weighted by Gasteiger charge is 2.21. The van der Waals surface area contributed by atoms with Crippen LogP contribution in [0.2, 0.25) is 5.02 Å². The molecule has 0 heterocycles. The van der Waals surface area contributed by atoms with E-state index < -0.39 is 16.7 Å². The maximum Gasteiger partial charge on any atom is 0.145 e. The van der Waals surface area contributed by atoms with Crippen LogP contribution < -0.4 is 0 Å². The zero-order chi connectivity index (χ0) is 25.3. The van der Waals surface area contributed by atoms with Gasteiger partial charge in [0.05, 0.1) is 0 Å². The van der Waals surface area contributed by atoms with Crippen molar-refractivity contribution in [3.8, 4) is 11.1 Å². The normalized spacial score (nSPS) is 17.9. The predicted octanol–water partition coefficient (Wildman–Crippen LogP) is 10.4. The van der Waals surface area contributed by atoms with Gasteiger partial charge in [-0.25, -0.2) is 8.78 Å². The zero-order valence-corrected chi connectivity index (χ0v) is 22.3. The SMILES string of the molecule is CCCCCc1ccc(CCC2CCC(CCc3ccc(-c4cc(F)c(Cl)c(F)c4)cc3)CC2)cc1. The minimum Gasteiger partial charge on any atom is -0.205 e. The van der Waals surface area contributed by atoms with E-state index in [-0.39, 0.29) is 0 Å². The van der Waals surface area contributed by atoms with Crippen LogP contribution in [0.4, 0.5) is 8.78 Å². The van der Waals surface area contributed by atoms with E-state index in [1.54, 1.807) is 0 Å². The van der Waals surface area contributed by atoms with E-state index in [1.807, 2.05) is 12.1 Å². The van der Waals surface area contributed by atoms with Crippen molar-refractivity contribution in [1.29, 1.82) is 0 Å². The van der Waals surface area contributed by atoms with Gasteiger partial charge >= 0.3 is 0 Å². The van der Waals surface area contributed by atoms with E-state index in [9.17, 15) is 8.78 Å². The molecule has 0 aromatic heterocycles. The average molecular weight is 509 g/mol. The summed E-state index contributed by atoms with van der Waals surface area (Å²) < 4.78 is 27.6. The number of halogens is 3. The first-order valence-electron chi connectivity index (χ1n) is 13.8. The fourth-order valence-electron chi connectivity index (χ4n) is 5.59. The number of hydrogen-bond acceptors (Lipinski definition) is 0. The molecule has 1 aliphatic rings. The molecule has 0 saturated heterocycles. The highest BCUT2D eigenvalue weighted by Crippen LogP contribution is 2.34. The van der Waals surface area contributed by atoms with Crippen LogP contribution in [-0.2, 0) is 19.3 Å². The van der Waals surface area contributed by atoms with Crippen LogP contribution in [0.25, 0.3) is 11.1 Å². The summed E-state index contributed by atoms with van der Waals surface area (Å²) in [6, 6.07) is 20.0. The maximum atomic E-state index is 13.8. The van der Waals surface area contributed by atoms with Gasteiger partial charge in [0, 0.05) is 0 Å². The largest absolute Gasteiger partial charge is 0.205 e. The Morgan fingerprint density at radius 1 is 0.639 bits per heavy atom. The van der Waals surface area contributed by atoms with Gasteiger partial charge < -0.3 is 0 Å². The fraction of sp³-hybridized carbons (Fsp3) is 0.455. The summed E-state index contributed by atoms with van der Waals surface area (Å²) in [5.74, 6) is 0.233. The second-order valence-corrected chi connectivity index (χ2v) is 11.1. The van der Waals surface area contributed by atoms with Crippen LogP contribution in [0.15, 0.2) is 60.7 Å². The van der Waals surface area contributed by atoms with Crippen LogP contribution in [0.5, 0.6) is 0 Å². The van der Waals surface area contributed by atoms with E-state index in [2.05, 4.69) is 43.3 Å². The number of benzene rings is 3. The van der Waals surface area contributed by atoms with Crippen LogP contribution in [0.1, 0.15) is 81.4 Å². The Hall–Kier alpha value is -2.19. The Balaban J connectivity index is 1.17. The molecule has 4 rings (SSSR count). The second-order valence-electron chi connectivity index (χ2n) is 10.7. The van der Waals surface area contributed by atoms with Gasteiger partial charge in [-0.3, -0.25) is 0 Å². The van der Waals surface area contributed by atoms with Crippen molar-refractivity contribution in [2.24, 2.45) is 11.8 Å². The molecule has 36 heavy (non-hydrogen) atoms. The molecule has 0 amide bonds. The average Bonchev–Trinajstić information content (AvgIpc) is 2.91. The van der Waals surface area contributed by atoms with Crippen LogP contribution in [0, 0.1) is 23.5 Å². The highest BCUT2D eigenvalue weighted by atomic mass is 35.5. The maximum absolute atomic E-state index is 13.8. The van der Waals surface area contributed by atoms with E-state index in [4.69, 9.17) is 11.6 Å². The van der Waals surface area contributed by atoms with Crippen LogP contribution >= 0.6 is 11.6 Å². The third kappa shape index (κ3) is 7.65. The van der Waals surface area contributed by atoms with Gasteiger partial charge in [-0.15, -0.1) is 0 Å². The lowest BCUT2D eigenvalue weighted by Gasteiger charge is -2.28. The smallest absolute Gasteiger partial charge is 0.145 e. The van der Waals surface area contributed by atoms with Crippen LogP contribution in [0.3, 0.4) is 0 Å². The summed E-state index contributed by atoms with van der Waals surface area (Å²) in [6.07, 6.45) is 15.3. The fourth-order valence-corrected chi connectivity index (χ4v) is 5.70. The molecular formula is C33H39ClF2. The molecule has 1 saturated carbocycles. The van der Waals surface area contributed by atoms with Crippen molar-refractivity contribution in [3.63, 3.8) is 0 Å². The Morgan fingerprint density at radius 2 is 1.08 bits per heavy atom. The first kappa shape index (κ1) is 26.9. The zero-order valence-electron chi connectivity index (χ0n) is 21.5. The monoisotopic (exact) mass is 508 g/mol. The Morgan fingerprint density at radius 3 is 1.56 bits per heavy atom. The summed E-state index contributed by atoms with van der Waals surface area (Å²) in [4.78, 5) is 0. The third-order valence-electron chi connectivity index (χ3n) is 8.01. The van der Waals surface area contributed by atoms with Gasteiger partial charge in [-0.05, 0) is 90.3 Å². The molecule has 0 radical (unpaired) electrons. The summed E-state index contributed by atoms with van der Waals surface area (Å²) in [5, 5.41) is -0.447. The molecule has 0 unspecified atom stereocenters. The Kier molecular flexibility index (Phi) is 9.98. The molecule has 3 heteroatoms. The van der Waals surface area contributed by atoms with E-state index >= 15 is 0 Å². The Bertz CT molecular complexity index is 1060. The number of aryl methyl sites for hydroxylation is 3. The van der Waals surface area contributed by atoms with Crippen molar-refractivity contribution < 1.29 is 8.78 Å². The molecule has 0 atom stereocenters. The molecule has 0 N–H and O–H groups in total. The summed E-state index contributed by atoms with van der Waals surface area (Å²) >= 11 is 5.60. The van der Waals surface area contributed by atoms with Gasteiger partial charge in [-0.1, -0.05) is 106 Å². The minimum absolute atomic E-state index is 0.447. The van der Waals surface area contributed by atoms with Gasteiger partial charge in [-0.2, -0.15) is 0 Å². The first-order valence-corrected chi connectivity index (χ1v) is 14.2. The van der Waals surface area contributed by atoms with Crippen LogP contribution in [-0.4, -0.2) is 0 Å². The Labute approximate surface area is 221 Å². The number of unbranched alkanes of at least 4 members (excludes halogenated alkanes) is 2. The summed E-state index contributed by atoms with van der Waals surface area (Å²) in [7, 11) is 0. The quantitative estimate of drug-likeness (QED) is 0.178. The lowest BCUT2D eigenvalue weighted by molar-refractivity contribution is 0.253. The van der Waals surface area contributed by atoms with Crippen molar-refractivity contribution in [2.45, 2.75) is 84.0 Å². The van der Waals surface area contributed by atoms with Gasteiger partial charge in [0.1, 0.15) is 16.7 Å². The van der Waals surface area contributed by atoms with Gasteiger partial charge in [0.15, 0.2) is 0 Å². The molecule has 0 spiro atoms. The van der Waals surface area contributed by atoms with Gasteiger partial charge in [0.2, 0.25) is 0 Å². The highest BCUT2D eigenvalue weighted by molar-refractivity contribution is 6.31. The molecule has 1 aliphatic carbocycles. The molecule has 3 aromatic carbocycles. The molecular weight excluding hydrogens is 470 g/mol. The van der Waals surface area contributed by atoms with Gasteiger partial charge in [0.25, 0.3) is 0 Å². The molecule has 0 aliphatic heterocycles. The third-order valence-corrected chi connectivity index (χ3v) is 8.37. The van der Waals surface area contributed by atoms with Crippen molar-refractivity contribution in [3.05, 3.63) is 94.0 Å². The van der Waals surface area contributed by atoms with Crippen molar-refractivity contribution >= 4 is 11.6 Å². The lowest BCUT2D eigenvalue weighted by Crippen LogP contribution is -2.15. The van der Waals surface area contributed by atoms with Crippen molar-refractivity contribution in [2.75, 3.05) is 0 Å². The number of rotatable bonds is 11. The van der Waals surface area contributed by atoms with E-state index in [0.29, 0.717) is 5.56 Å². The summed E-state index contributed by atoms with van der Waals surface area (Å²) in [5.41, 5.74) is 5.58. The standard InChI is InChI=1S/C33H39ClF2/c1-2-3-4-5-24-6-8-25(9-7-24)10-11-26-12-14-27(15-13-26)16-17-28-18-20-29(21-19-28)30-22-31(35)33(34)32(36)23-30/h6-9,18-23,26-27H,2-5,10-17H2,1H3. The second kappa shape index (κ2) is 13.4. The predicted molar refractivity (Wildman–Crippen MR) is 149 cm³/mol. The van der Waals surface area contributed by atoms with E-state index in [1.165, 1.54) is 99.5 Å². The first-order chi connectivity index (χ1) is 17.5. The lowest BCUT2D eigenvalue weighted by atomic mass is 9.77. The van der Waals surface area contributed by atoms with Crippen molar-refractivity contribution in [1.82, 2.24) is 0 Å². The minimum atomic E-state index is -0.720. The molecule has 192 valence electrons. The molecule has 0 bridgehead atoms. The summed E-state index contributed by atoms with van der Waals surface area (Å²) in [6.45, 7) is 2.26.